The molecule has 39 heavy (non-hydrogen) atoms. The van der Waals surface area contributed by atoms with Crippen molar-refractivity contribution in [3.05, 3.63) is 35.2 Å². The summed E-state index contributed by atoms with van der Waals surface area (Å²) >= 11 is 0. The zero-order valence-electron chi connectivity index (χ0n) is 23.7. The van der Waals surface area contributed by atoms with Crippen LogP contribution in [-0.2, 0) is 11.2 Å². The van der Waals surface area contributed by atoms with Crippen molar-refractivity contribution in [1.82, 2.24) is 20.3 Å². The molecule has 1 aromatic heterocycles. The summed E-state index contributed by atoms with van der Waals surface area (Å²) in [6.07, 6.45) is -0.420. The molecule has 0 aliphatic carbocycles. The second-order valence-corrected chi connectivity index (χ2v) is 10.5. The minimum Gasteiger partial charge on any atom is -0.488 e. The Hall–Kier alpha value is -3.80. The summed E-state index contributed by atoms with van der Waals surface area (Å²) in [5.41, 5.74) is 2.10. The zero-order valence-corrected chi connectivity index (χ0v) is 23.7. The number of hydrogen-bond acceptors (Lipinski definition) is 7. The second-order valence-electron chi connectivity index (χ2n) is 10.5. The number of benzene rings is 1. The number of aromatic nitrogens is 1. The quantitative estimate of drug-likeness (QED) is 0.418. The average molecular weight is 545 g/mol. The number of hydrogen-bond donors (Lipinski definition) is 4. The van der Waals surface area contributed by atoms with Crippen molar-refractivity contribution in [3.63, 3.8) is 0 Å². The molecule has 5 amide bonds. The predicted octanol–water partition coefficient (Wildman–Crippen LogP) is 3.13. The smallest absolute Gasteiger partial charge is 0.323 e. The standard InChI is InChI=1S/C27H40N6O6/c1-15(2)28-27(37)32(7)13-23-16(3)12-33(17(4)14-34)24(35)11-20-10-21(8-9-22(20)38-23)29-26(36)30-25-18(5)31-39-19(25)6/h8-10,15-17,23,34H,11-14H2,1-7H3,(H,28,37)(H2,29,30,36)/t16-,17+,23+/m1/s1. The van der Waals surface area contributed by atoms with Gasteiger partial charge < -0.3 is 40.1 Å². The van der Waals surface area contributed by atoms with E-state index in [2.05, 4.69) is 21.1 Å². The fourth-order valence-corrected chi connectivity index (χ4v) is 4.37. The number of rotatable bonds is 7. The number of carbonyl (C=O) groups excluding carboxylic acids is 3. The van der Waals surface area contributed by atoms with Crippen LogP contribution in [0.15, 0.2) is 22.7 Å². The van der Waals surface area contributed by atoms with E-state index in [9.17, 15) is 19.5 Å². The molecule has 3 rings (SSSR count). The fraction of sp³-hybridized carbons (Fsp3) is 0.556. The van der Waals surface area contributed by atoms with Crippen LogP contribution in [-0.4, -0.2) is 83.0 Å². The van der Waals surface area contributed by atoms with Crippen LogP contribution in [0.5, 0.6) is 5.75 Å². The lowest BCUT2D eigenvalue weighted by molar-refractivity contribution is -0.134. The molecule has 0 fully saturated rings. The van der Waals surface area contributed by atoms with Crippen LogP contribution in [0.4, 0.5) is 21.0 Å². The lowest BCUT2D eigenvalue weighted by Crippen LogP contribution is -2.49. The number of likely N-dealkylation sites (N-methyl/N-ethyl adjacent to an activating group) is 1. The van der Waals surface area contributed by atoms with Gasteiger partial charge in [0.25, 0.3) is 0 Å². The number of amides is 5. The predicted molar refractivity (Wildman–Crippen MR) is 147 cm³/mol. The molecule has 214 valence electrons. The number of anilines is 2. The molecule has 2 heterocycles. The Morgan fingerprint density at radius 1 is 1.23 bits per heavy atom. The lowest BCUT2D eigenvalue weighted by Gasteiger charge is -2.34. The van der Waals surface area contributed by atoms with E-state index < -0.39 is 18.2 Å². The van der Waals surface area contributed by atoms with Crippen molar-refractivity contribution in [1.29, 1.82) is 0 Å². The SMILES string of the molecule is Cc1noc(C)c1NC(=O)Nc1ccc2c(c1)CC(=O)N([C@@H](C)CO)C[C@@H](C)[C@H](CN(C)C(=O)NC(C)C)O2. The monoisotopic (exact) mass is 544 g/mol. The van der Waals surface area contributed by atoms with Gasteiger partial charge in [-0.05, 0) is 52.8 Å². The number of nitrogens with zero attached hydrogens (tertiary/aromatic N) is 3. The second kappa shape index (κ2) is 12.8. The zero-order chi connectivity index (χ0) is 28.9. The summed E-state index contributed by atoms with van der Waals surface area (Å²) < 4.78 is 11.5. The van der Waals surface area contributed by atoms with Crippen LogP contribution >= 0.6 is 0 Å². The van der Waals surface area contributed by atoms with Gasteiger partial charge in [-0.25, -0.2) is 9.59 Å². The number of fused-ring (bicyclic) bond motifs is 1. The minimum atomic E-state index is -0.487. The molecule has 0 unspecified atom stereocenters. The highest BCUT2D eigenvalue weighted by molar-refractivity contribution is 6.00. The molecular weight excluding hydrogens is 504 g/mol. The molecule has 12 heteroatoms. The van der Waals surface area contributed by atoms with Gasteiger partial charge in [0.05, 0.1) is 25.6 Å². The van der Waals surface area contributed by atoms with E-state index in [-0.39, 0.29) is 43.5 Å². The Morgan fingerprint density at radius 2 is 1.95 bits per heavy atom. The van der Waals surface area contributed by atoms with Crippen molar-refractivity contribution in [2.75, 3.05) is 37.4 Å². The molecule has 1 aromatic carbocycles. The molecule has 1 aliphatic rings. The Kier molecular flexibility index (Phi) is 9.79. The molecule has 12 nitrogen and oxygen atoms in total. The number of aliphatic hydroxyl groups is 1. The first kappa shape index (κ1) is 29.8. The number of ether oxygens (including phenoxy) is 1. The molecule has 0 saturated carbocycles. The summed E-state index contributed by atoms with van der Waals surface area (Å²) in [5, 5.41) is 22.0. The van der Waals surface area contributed by atoms with Crippen LogP contribution in [0.2, 0.25) is 0 Å². The highest BCUT2D eigenvalue weighted by atomic mass is 16.5. The topological polar surface area (TPSA) is 149 Å². The van der Waals surface area contributed by atoms with Crippen molar-refractivity contribution in [2.24, 2.45) is 5.92 Å². The number of nitrogens with one attached hydrogen (secondary N) is 3. The van der Waals surface area contributed by atoms with Gasteiger partial charge in [0, 0.05) is 36.8 Å². The van der Waals surface area contributed by atoms with Gasteiger partial charge in [-0.2, -0.15) is 0 Å². The highest BCUT2D eigenvalue weighted by Crippen LogP contribution is 2.29. The van der Waals surface area contributed by atoms with Crippen LogP contribution in [0, 0.1) is 19.8 Å². The van der Waals surface area contributed by atoms with Gasteiger partial charge in [0.1, 0.15) is 23.2 Å². The number of urea groups is 2. The normalized spacial score (nSPS) is 18.3. The van der Waals surface area contributed by atoms with Gasteiger partial charge in [0.2, 0.25) is 5.91 Å². The maximum Gasteiger partial charge on any atom is 0.323 e. The van der Waals surface area contributed by atoms with E-state index in [0.29, 0.717) is 40.7 Å². The molecule has 0 saturated heterocycles. The van der Waals surface area contributed by atoms with E-state index in [1.165, 1.54) is 0 Å². The number of aliphatic hydroxyl groups excluding tert-OH is 1. The van der Waals surface area contributed by atoms with Crippen molar-refractivity contribution in [3.8, 4) is 5.75 Å². The first-order valence-electron chi connectivity index (χ1n) is 13.1. The molecule has 2 aromatic rings. The fourth-order valence-electron chi connectivity index (χ4n) is 4.37. The molecule has 4 N–H and O–H groups in total. The Labute approximate surface area is 229 Å². The molecule has 3 atom stereocenters. The van der Waals surface area contributed by atoms with Gasteiger partial charge in [-0.15, -0.1) is 0 Å². The van der Waals surface area contributed by atoms with E-state index in [1.807, 2.05) is 20.8 Å². The number of carbonyl (C=O) groups is 3. The average Bonchev–Trinajstić information content (AvgIpc) is 3.20. The van der Waals surface area contributed by atoms with Gasteiger partial charge in [-0.1, -0.05) is 12.1 Å². The third-order valence-corrected chi connectivity index (χ3v) is 6.66. The molecular formula is C27H40N6O6. The van der Waals surface area contributed by atoms with Crippen molar-refractivity contribution < 1.29 is 28.8 Å². The van der Waals surface area contributed by atoms with Gasteiger partial charge >= 0.3 is 12.1 Å². The Bertz CT molecular complexity index is 1160. The lowest BCUT2D eigenvalue weighted by atomic mass is 10.0. The largest absolute Gasteiger partial charge is 0.488 e. The summed E-state index contributed by atoms with van der Waals surface area (Å²) in [4.78, 5) is 41.8. The van der Waals surface area contributed by atoms with Gasteiger partial charge in [0.15, 0.2) is 5.76 Å². The van der Waals surface area contributed by atoms with Crippen LogP contribution in [0.25, 0.3) is 0 Å². The van der Waals surface area contributed by atoms with Crippen molar-refractivity contribution >= 4 is 29.3 Å². The third kappa shape index (κ3) is 7.62. The third-order valence-electron chi connectivity index (χ3n) is 6.66. The first-order chi connectivity index (χ1) is 18.4. The summed E-state index contributed by atoms with van der Waals surface area (Å²) in [5.74, 6) is 0.661. The number of aryl methyl sites for hydroxylation is 2. The van der Waals surface area contributed by atoms with Crippen LogP contribution in [0.1, 0.15) is 44.7 Å². The molecule has 0 bridgehead atoms. The van der Waals surface area contributed by atoms with E-state index >= 15 is 0 Å². The highest BCUT2D eigenvalue weighted by Gasteiger charge is 2.32. The van der Waals surface area contributed by atoms with Crippen LogP contribution < -0.4 is 20.7 Å². The Balaban J connectivity index is 1.88. The van der Waals surface area contributed by atoms with E-state index in [0.717, 1.165) is 0 Å². The van der Waals surface area contributed by atoms with Gasteiger partial charge in [-0.3, -0.25) is 4.79 Å². The molecule has 0 radical (unpaired) electrons. The Morgan fingerprint density at radius 3 is 2.56 bits per heavy atom. The summed E-state index contributed by atoms with van der Waals surface area (Å²) in [6.45, 7) is 11.4. The van der Waals surface area contributed by atoms with E-state index in [4.69, 9.17) is 9.26 Å². The molecule has 0 spiro atoms. The minimum absolute atomic E-state index is 0.0150. The molecule has 1 aliphatic heterocycles. The van der Waals surface area contributed by atoms with E-state index in [1.54, 1.807) is 55.8 Å². The van der Waals surface area contributed by atoms with Crippen LogP contribution in [0.3, 0.4) is 0 Å². The first-order valence-corrected chi connectivity index (χ1v) is 13.1. The van der Waals surface area contributed by atoms with Crippen molar-refractivity contribution in [2.45, 2.75) is 66.2 Å². The summed E-state index contributed by atoms with van der Waals surface area (Å²) in [7, 11) is 1.70. The maximum absolute atomic E-state index is 13.4. The maximum atomic E-state index is 13.4. The summed E-state index contributed by atoms with van der Waals surface area (Å²) in [6, 6.07) is 3.99.